The third-order valence-corrected chi connectivity index (χ3v) is 6.39. The van der Waals surface area contributed by atoms with Crippen LogP contribution in [0.15, 0.2) is 29.4 Å². The summed E-state index contributed by atoms with van der Waals surface area (Å²) in [6.45, 7) is 4.86. The molecule has 9 heteroatoms. The van der Waals surface area contributed by atoms with Crippen LogP contribution in [-0.4, -0.2) is 38.4 Å². The quantitative estimate of drug-likeness (QED) is 0.625. The molecule has 1 aromatic carbocycles. The van der Waals surface area contributed by atoms with Crippen molar-refractivity contribution in [1.82, 2.24) is 25.4 Å². The van der Waals surface area contributed by atoms with E-state index in [1.54, 1.807) is 6.07 Å². The van der Waals surface area contributed by atoms with Gasteiger partial charge >= 0.3 is 0 Å². The Balaban J connectivity index is 1.54. The summed E-state index contributed by atoms with van der Waals surface area (Å²) in [6.07, 6.45) is 4.59. The molecule has 2 atom stereocenters. The Morgan fingerprint density at radius 1 is 1.23 bits per heavy atom. The Kier molecular flexibility index (Phi) is 7.84. The molecule has 1 heterocycles. The fraction of sp³-hybridized carbons (Fsp3) is 0.524. The topological polar surface area (TPSA) is 88.9 Å². The Hall–Kier alpha value is -2.42. The maximum Gasteiger partial charge on any atom is 0.254 e. The van der Waals surface area contributed by atoms with E-state index in [2.05, 4.69) is 27.8 Å². The second kappa shape index (κ2) is 10.6. The van der Waals surface area contributed by atoms with Crippen LogP contribution in [0.5, 0.6) is 0 Å². The van der Waals surface area contributed by atoms with Crippen LogP contribution in [0.25, 0.3) is 0 Å². The van der Waals surface area contributed by atoms with E-state index in [4.69, 9.17) is 0 Å². The first-order valence-corrected chi connectivity index (χ1v) is 11.3. The summed E-state index contributed by atoms with van der Waals surface area (Å²) in [5.74, 6) is 0.264. The second-order valence-corrected chi connectivity index (χ2v) is 8.47. The molecule has 2 aromatic rings. The fourth-order valence-corrected chi connectivity index (χ4v) is 4.52. The van der Waals surface area contributed by atoms with Crippen molar-refractivity contribution < 1.29 is 14.0 Å². The van der Waals surface area contributed by atoms with E-state index in [0.29, 0.717) is 23.4 Å². The van der Waals surface area contributed by atoms with Gasteiger partial charge in [0.05, 0.1) is 17.9 Å². The molecule has 162 valence electrons. The first kappa shape index (κ1) is 22.3. The highest BCUT2D eigenvalue weighted by Crippen LogP contribution is 2.24. The summed E-state index contributed by atoms with van der Waals surface area (Å²) < 4.78 is 15.6. The third-order valence-electron chi connectivity index (χ3n) is 5.43. The molecule has 1 fully saturated rings. The number of aromatic nitrogens is 3. The van der Waals surface area contributed by atoms with E-state index in [9.17, 15) is 14.0 Å². The van der Waals surface area contributed by atoms with Crippen molar-refractivity contribution in [2.45, 2.75) is 63.8 Å². The highest BCUT2D eigenvalue weighted by molar-refractivity contribution is 7.99. The number of amides is 2. The van der Waals surface area contributed by atoms with Crippen LogP contribution in [0.4, 0.5) is 4.39 Å². The minimum absolute atomic E-state index is 0.00110. The van der Waals surface area contributed by atoms with E-state index in [1.807, 2.05) is 11.5 Å². The Morgan fingerprint density at radius 3 is 2.73 bits per heavy atom. The summed E-state index contributed by atoms with van der Waals surface area (Å²) in [7, 11) is 0. The monoisotopic (exact) mass is 433 g/mol. The number of halogens is 1. The van der Waals surface area contributed by atoms with Gasteiger partial charge in [-0.25, -0.2) is 4.39 Å². The molecule has 30 heavy (non-hydrogen) atoms. The highest BCUT2D eigenvalue weighted by atomic mass is 32.2. The van der Waals surface area contributed by atoms with Crippen molar-refractivity contribution in [2.75, 3.05) is 5.75 Å². The standard InChI is InChI=1S/C21H28FN5O2S/c1-3-27-18(12-23-20(29)15-9-5-6-10-16(15)22)25-26-21(27)30-13-19(28)24-17-11-7-4-8-14(17)2/h5-6,9-10,14,17H,3-4,7-8,11-13H2,1-2H3,(H,23,29)(H,24,28)/t14-,17-/m1/s1. The van der Waals surface area contributed by atoms with Crippen LogP contribution in [-0.2, 0) is 17.9 Å². The smallest absolute Gasteiger partial charge is 0.254 e. The maximum absolute atomic E-state index is 13.7. The van der Waals surface area contributed by atoms with Crippen LogP contribution in [0.1, 0.15) is 55.7 Å². The zero-order chi connectivity index (χ0) is 21.5. The van der Waals surface area contributed by atoms with E-state index in [1.165, 1.54) is 36.4 Å². The molecule has 0 bridgehead atoms. The lowest BCUT2D eigenvalue weighted by Gasteiger charge is -2.29. The number of thioether (sulfide) groups is 1. The van der Waals surface area contributed by atoms with Crippen LogP contribution in [0, 0.1) is 11.7 Å². The molecule has 2 amide bonds. The molecule has 0 spiro atoms. The molecule has 0 aliphatic heterocycles. The maximum atomic E-state index is 13.7. The molecule has 1 aliphatic carbocycles. The molecular formula is C21H28FN5O2S. The largest absolute Gasteiger partial charge is 0.352 e. The predicted octanol–water partition coefficient (Wildman–Crippen LogP) is 3.15. The van der Waals surface area contributed by atoms with Crippen molar-refractivity contribution in [2.24, 2.45) is 5.92 Å². The first-order chi connectivity index (χ1) is 14.5. The molecule has 2 N–H and O–H groups in total. The number of nitrogens with one attached hydrogen (secondary N) is 2. The fourth-order valence-electron chi connectivity index (χ4n) is 3.68. The molecule has 3 rings (SSSR count). The molecule has 0 radical (unpaired) electrons. The summed E-state index contributed by atoms with van der Waals surface area (Å²) in [4.78, 5) is 24.6. The number of nitrogens with zero attached hydrogens (tertiary/aromatic N) is 3. The van der Waals surface area contributed by atoms with Crippen molar-refractivity contribution in [3.05, 3.63) is 41.5 Å². The number of benzene rings is 1. The minimum Gasteiger partial charge on any atom is -0.352 e. The molecule has 1 saturated carbocycles. The van der Waals surface area contributed by atoms with Gasteiger partial charge in [0.1, 0.15) is 5.82 Å². The Labute approximate surface area is 180 Å². The molecular weight excluding hydrogens is 405 g/mol. The zero-order valence-electron chi connectivity index (χ0n) is 17.4. The lowest BCUT2D eigenvalue weighted by molar-refractivity contribution is -0.119. The zero-order valence-corrected chi connectivity index (χ0v) is 18.2. The molecule has 0 saturated heterocycles. The minimum atomic E-state index is -0.568. The van der Waals surface area contributed by atoms with E-state index < -0.39 is 11.7 Å². The summed E-state index contributed by atoms with van der Waals surface area (Å²) in [6, 6.07) is 6.08. The average molecular weight is 434 g/mol. The van der Waals surface area contributed by atoms with Gasteiger partial charge in [0.25, 0.3) is 5.91 Å². The van der Waals surface area contributed by atoms with Crippen LogP contribution >= 0.6 is 11.8 Å². The SMILES string of the molecule is CCn1c(CNC(=O)c2ccccc2F)nnc1SCC(=O)N[C@@H]1CCCC[C@H]1C. The number of carbonyl (C=O) groups excluding carboxylic acids is 2. The van der Waals surface area contributed by atoms with Crippen molar-refractivity contribution in [3.8, 4) is 0 Å². The van der Waals surface area contributed by atoms with Gasteiger partial charge in [-0.15, -0.1) is 10.2 Å². The van der Waals surface area contributed by atoms with Gasteiger partial charge in [-0.2, -0.15) is 0 Å². The van der Waals surface area contributed by atoms with Crippen molar-refractivity contribution in [3.63, 3.8) is 0 Å². The van der Waals surface area contributed by atoms with Gasteiger partial charge in [-0.05, 0) is 37.8 Å². The predicted molar refractivity (Wildman–Crippen MR) is 114 cm³/mol. The summed E-state index contributed by atoms with van der Waals surface area (Å²) in [5.41, 5.74) is -0.0109. The van der Waals surface area contributed by atoms with Gasteiger partial charge in [0.2, 0.25) is 5.91 Å². The Bertz CT molecular complexity index is 888. The lowest BCUT2D eigenvalue weighted by atomic mass is 9.86. The highest BCUT2D eigenvalue weighted by Gasteiger charge is 2.23. The second-order valence-electron chi connectivity index (χ2n) is 7.53. The van der Waals surface area contributed by atoms with Gasteiger partial charge in [-0.1, -0.05) is 43.7 Å². The molecule has 7 nitrogen and oxygen atoms in total. The van der Waals surface area contributed by atoms with E-state index in [0.717, 1.165) is 19.3 Å². The van der Waals surface area contributed by atoms with Crippen LogP contribution < -0.4 is 10.6 Å². The number of hydrogen-bond acceptors (Lipinski definition) is 5. The van der Waals surface area contributed by atoms with Crippen LogP contribution in [0.3, 0.4) is 0 Å². The van der Waals surface area contributed by atoms with Crippen molar-refractivity contribution >= 4 is 23.6 Å². The van der Waals surface area contributed by atoms with Gasteiger partial charge in [-0.3, -0.25) is 9.59 Å². The third kappa shape index (κ3) is 5.59. The molecule has 0 unspecified atom stereocenters. The average Bonchev–Trinajstić information content (AvgIpc) is 3.14. The summed E-state index contributed by atoms with van der Waals surface area (Å²) >= 11 is 1.33. The van der Waals surface area contributed by atoms with E-state index >= 15 is 0 Å². The lowest BCUT2D eigenvalue weighted by Crippen LogP contribution is -2.41. The molecule has 1 aromatic heterocycles. The normalized spacial score (nSPS) is 18.8. The van der Waals surface area contributed by atoms with Gasteiger partial charge in [0, 0.05) is 12.6 Å². The summed E-state index contributed by atoms with van der Waals surface area (Å²) in [5, 5.41) is 14.7. The first-order valence-electron chi connectivity index (χ1n) is 10.4. The number of hydrogen-bond donors (Lipinski definition) is 2. The van der Waals surface area contributed by atoms with Crippen LogP contribution in [0.2, 0.25) is 0 Å². The van der Waals surface area contributed by atoms with Gasteiger partial charge < -0.3 is 15.2 Å². The Morgan fingerprint density at radius 2 is 2.00 bits per heavy atom. The van der Waals surface area contributed by atoms with E-state index in [-0.39, 0.29) is 29.8 Å². The number of rotatable bonds is 8. The number of carbonyl (C=O) groups is 2. The molecule has 1 aliphatic rings. The van der Waals surface area contributed by atoms with Crippen molar-refractivity contribution in [1.29, 1.82) is 0 Å². The van der Waals surface area contributed by atoms with Gasteiger partial charge in [0.15, 0.2) is 11.0 Å².